The topological polar surface area (TPSA) is 35.6 Å². The molecule has 0 aromatic carbocycles. The van der Waals surface area contributed by atoms with E-state index in [2.05, 4.69) is 49.7 Å². The Bertz CT molecular complexity index is 585. The van der Waals surface area contributed by atoms with Gasteiger partial charge in [0.05, 0.1) is 23.8 Å². The molecule has 116 valence electrons. The van der Waals surface area contributed by atoms with Crippen molar-refractivity contribution in [3.63, 3.8) is 0 Å². The lowest BCUT2D eigenvalue weighted by Crippen LogP contribution is -2.09. The fourth-order valence-corrected chi connectivity index (χ4v) is 2.91. The largest absolute Gasteiger partial charge is 0.270 e. The highest BCUT2D eigenvalue weighted by Crippen LogP contribution is 2.19. The normalized spacial score (nSPS) is 12.8. The zero-order valence-electron chi connectivity index (χ0n) is 13.4. The minimum absolute atomic E-state index is 0.437. The van der Waals surface area contributed by atoms with E-state index in [0.29, 0.717) is 11.9 Å². The predicted octanol–water partition coefficient (Wildman–Crippen LogP) is 3.96. The van der Waals surface area contributed by atoms with Gasteiger partial charge in [-0.2, -0.15) is 10.2 Å². The van der Waals surface area contributed by atoms with Gasteiger partial charge in [-0.05, 0) is 32.3 Å². The molecule has 0 fully saturated rings. The van der Waals surface area contributed by atoms with Crippen LogP contribution in [0.2, 0.25) is 0 Å². The highest BCUT2D eigenvalue weighted by molar-refractivity contribution is 6.17. The third-order valence-corrected chi connectivity index (χ3v) is 4.34. The first-order valence-electron chi connectivity index (χ1n) is 7.81. The summed E-state index contributed by atoms with van der Waals surface area (Å²) in [5.41, 5.74) is 4.60. The third-order valence-electron chi connectivity index (χ3n) is 4.07. The highest BCUT2D eigenvalue weighted by Gasteiger charge is 2.15. The summed E-state index contributed by atoms with van der Waals surface area (Å²) >= 11 is 6.10. The first kappa shape index (κ1) is 16.1. The zero-order valence-corrected chi connectivity index (χ0v) is 14.2. The quantitative estimate of drug-likeness (QED) is 0.726. The molecular formula is C16H25ClN4. The van der Waals surface area contributed by atoms with Gasteiger partial charge >= 0.3 is 0 Å². The van der Waals surface area contributed by atoms with Crippen molar-refractivity contribution in [2.75, 3.05) is 0 Å². The van der Waals surface area contributed by atoms with E-state index in [1.807, 2.05) is 4.68 Å². The van der Waals surface area contributed by atoms with Crippen LogP contribution in [0.25, 0.3) is 0 Å². The summed E-state index contributed by atoms with van der Waals surface area (Å²) in [6.07, 6.45) is 5.01. The van der Waals surface area contributed by atoms with Crippen LogP contribution in [-0.2, 0) is 25.3 Å². The van der Waals surface area contributed by atoms with E-state index in [1.54, 1.807) is 0 Å². The van der Waals surface area contributed by atoms with Gasteiger partial charge in [0, 0.05) is 23.5 Å². The monoisotopic (exact) mass is 308 g/mol. The SMILES string of the molecule is CCc1nn(Cc2ccn(C(C)CC)n2)c(CC)c1CCl. The minimum atomic E-state index is 0.437. The zero-order chi connectivity index (χ0) is 15.4. The summed E-state index contributed by atoms with van der Waals surface area (Å²) in [5.74, 6) is 0.535. The maximum Gasteiger partial charge on any atom is 0.0853 e. The van der Waals surface area contributed by atoms with E-state index in [4.69, 9.17) is 16.7 Å². The molecule has 0 saturated carbocycles. The maximum absolute atomic E-state index is 6.10. The number of hydrogen-bond donors (Lipinski definition) is 0. The lowest BCUT2D eigenvalue weighted by Gasteiger charge is -2.08. The summed E-state index contributed by atoms with van der Waals surface area (Å²) in [6, 6.07) is 2.52. The molecule has 0 saturated heterocycles. The van der Waals surface area contributed by atoms with E-state index >= 15 is 0 Å². The van der Waals surface area contributed by atoms with Crippen molar-refractivity contribution in [2.45, 2.75) is 65.4 Å². The molecule has 0 radical (unpaired) electrons. The van der Waals surface area contributed by atoms with Gasteiger partial charge in [-0.15, -0.1) is 11.6 Å². The number of alkyl halides is 1. The molecule has 2 aromatic rings. The van der Waals surface area contributed by atoms with Crippen LogP contribution >= 0.6 is 11.6 Å². The highest BCUT2D eigenvalue weighted by atomic mass is 35.5. The third kappa shape index (κ3) is 3.31. The molecule has 2 rings (SSSR count). The molecular weight excluding hydrogens is 284 g/mol. The molecule has 2 heterocycles. The minimum Gasteiger partial charge on any atom is -0.270 e. The van der Waals surface area contributed by atoms with Crippen LogP contribution in [0, 0.1) is 0 Å². The van der Waals surface area contributed by atoms with Crippen LogP contribution in [0.5, 0.6) is 0 Å². The Hall–Kier alpha value is -1.29. The van der Waals surface area contributed by atoms with Crippen molar-refractivity contribution in [3.05, 3.63) is 34.9 Å². The Labute approximate surface area is 132 Å². The number of aryl methyl sites for hydroxylation is 1. The first-order chi connectivity index (χ1) is 10.1. The van der Waals surface area contributed by atoms with Gasteiger partial charge in [0.25, 0.3) is 0 Å². The molecule has 5 heteroatoms. The van der Waals surface area contributed by atoms with Gasteiger partial charge in [-0.25, -0.2) is 0 Å². The molecule has 4 nitrogen and oxygen atoms in total. The molecule has 0 N–H and O–H groups in total. The molecule has 0 aliphatic carbocycles. The fourth-order valence-electron chi connectivity index (χ4n) is 2.60. The Kier molecular flexibility index (Phi) is 5.45. The summed E-state index contributed by atoms with van der Waals surface area (Å²) in [5, 5.41) is 9.39. The summed E-state index contributed by atoms with van der Waals surface area (Å²) in [6.45, 7) is 9.36. The Morgan fingerprint density at radius 2 is 1.95 bits per heavy atom. The summed E-state index contributed by atoms with van der Waals surface area (Å²) < 4.78 is 4.10. The summed E-state index contributed by atoms with van der Waals surface area (Å²) in [4.78, 5) is 0. The number of hydrogen-bond acceptors (Lipinski definition) is 2. The molecule has 0 aliphatic rings. The smallest absolute Gasteiger partial charge is 0.0853 e. The van der Waals surface area contributed by atoms with Crippen molar-refractivity contribution in [1.82, 2.24) is 19.6 Å². The molecule has 21 heavy (non-hydrogen) atoms. The van der Waals surface area contributed by atoms with Gasteiger partial charge in [0.15, 0.2) is 0 Å². The van der Waals surface area contributed by atoms with E-state index in [-0.39, 0.29) is 0 Å². The van der Waals surface area contributed by atoms with E-state index < -0.39 is 0 Å². The van der Waals surface area contributed by atoms with Gasteiger partial charge in [0.1, 0.15) is 0 Å². The fraction of sp³-hybridized carbons (Fsp3) is 0.625. The van der Waals surface area contributed by atoms with Gasteiger partial charge in [-0.3, -0.25) is 9.36 Å². The second-order valence-corrected chi connectivity index (χ2v) is 5.68. The number of aromatic nitrogens is 4. The standard InChI is InChI=1S/C16H25ClN4/c1-5-12(4)20-9-8-13(18-20)11-21-16(7-3)14(10-17)15(6-2)19-21/h8-9,12H,5-7,10-11H2,1-4H3. The van der Waals surface area contributed by atoms with Gasteiger partial charge in [-0.1, -0.05) is 20.8 Å². The molecule has 0 amide bonds. The van der Waals surface area contributed by atoms with Gasteiger partial charge < -0.3 is 0 Å². The predicted molar refractivity (Wildman–Crippen MR) is 86.9 cm³/mol. The van der Waals surface area contributed by atoms with Crippen LogP contribution in [0.4, 0.5) is 0 Å². The lowest BCUT2D eigenvalue weighted by molar-refractivity contribution is 0.470. The summed E-state index contributed by atoms with van der Waals surface area (Å²) in [7, 11) is 0. The number of nitrogens with zero attached hydrogens (tertiary/aromatic N) is 4. The maximum atomic E-state index is 6.10. The second-order valence-electron chi connectivity index (χ2n) is 5.41. The van der Waals surface area contributed by atoms with E-state index in [9.17, 15) is 0 Å². The average Bonchev–Trinajstić information content (AvgIpc) is 3.10. The van der Waals surface area contributed by atoms with Crippen LogP contribution in [-0.4, -0.2) is 19.6 Å². The van der Waals surface area contributed by atoms with Crippen molar-refractivity contribution >= 4 is 11.6 Å². The molecule has 2 aromatic heterocycles. The van der Waals surface area contributed by atoms with Crippen LogP contribution < -0.4 is 0 Å². The molecule has 0 aliphatic heterocycles. The Balaban J connectivity index is 2.26. The van der Waals surface area contributed by atoms with Crippen molar-refractivity contribution in [2.24, 2.45) is 0 Å². The van der Waals surface area contributed by atoms with Crippen molar-refractivity contribution < 1.29 is 0 Å². The van der Waals surface area contributed by atoms with Crippen LogP contribution in [0.1, 0.15) is 62.8 Å². The molecule has 0 bridgehead atoms. The molecule has 0 spiro atoms. The first-order valence-corrected chi connectivity index (χ1v) is 8.35. The second kappa shape index (κ2) is 7.12. The Morgan fingerprint density at radius 3 is 2.52 bits per heavy atom. The molecule has 1 unspecified atom stereocenters. The van der Waals surface area contributed by atoms with E-state index in [0.717, 1.165) is 37.2 Å². The van der Waals surface area contributed by atoms with Crippen molar-refractivity contribution in [1.29, 1.82) is 0 Å². The number of rotatable bonds is 7. The van der Waals surface area contributed by atoms with Crippen molar-refractivity contribution in [3.8, 4) is 0 Å². The van der Waals surface area contributed by atoms with Crippen LogP contribution in [0.15, 0.2) is 12.3 Å². The average molecular weight is 309 g/mol. The lowest BCUT2D eigenvalue weighted by atomic mass is 10.1. The number of halogens is 1. The van der Waals surface area contributed by atoms with Gasteiger partial charge in [0.2, 0.25) is 0 Å². The Morgan fingerprint density at radius 1 is 1.19 bits per heavy atom. The van der Waals surface area contributed by atoms with Crippen LogP contribution in [0.3, 0.4) is 0 Å². The molecule has 1 atom stereocenters. The van der Waals surface area contributed by atoms with E-state index in [1.165, 1.54) is 11.3 Å².